The maximum absolute atomic E-state index is 14.0. The molecule has 1 amide bonds. The van der Waals surface area contributed by atoms with Crippen molar-refractivity contribution in [3.05, 3.63) is 82.5 Å². The van der Waals surface area contributed by atoms with Crippen LogP contribution in [0, 0.1) is 11.6 Å². The summed E-state index contributed by atoms with van der Waals surface area (Å²) in [5.74, 6) is -2.25. The third-order valence-corrected chi connectivity index (χ3v) is 5.42. The molecule has 3 heterocycles. The van der Waals surface area contributed by atoms with Gasteiger partial charge in [0.2, 0.25) is 0 Å². The van der Waals surface area contributed by atoms with Gasteiger partial charge in [0.15, 0.2) is 11.5 Å². The van der Waals surface area contributed by atoms with Crippen LogP contribution in [0.4, 0.5) is 8.78 Å². The molecule has 0 aliphatic rings. The Morgan fingerprint density at radius 1 is 1.27 bits per heavy atom. The molecule has 33 heavy (non-hydrogen) atoms. The van der Waals surface area contributed by atoms with Crippen molar-refractivity contribution in [2.24, 2.45) is 7.05 Å². The lowest BCUT2D eigenvalue weighted by Crippen LogP contribution is -2.40. The van der Waals surface area contributed by atoms with Crippen LogP contribution in [0.5, 0.6) is 5.75 Å². The summed E-state index contributed by atoms with van der Waals surface area (Å²) in [7, 11) is 1.75. The number of aryl methyl sites for hydroxylation is 1. The summed E-state index contributed by atoms with van der Waals surface area (Å²) < 4.78 is 33.9. The number of aromatic hydroxyl groups is 1. The predicted molar refractivity (Wildman–Crippen MR) is 115 cm³/mol. The van der Waals surface area contributed by atoms with Gasteiger partial charge in [0.05, 0.1) is 22.9 Å². The van der Waals surface area contributed by atoms with Crippen LogP contribution in [0.3, 0.4) is 0 Å². The Labute approximate surface area is 191 Å². The van der Waals surface area contributed by atoms with Gasteiger partial charge in [-0.3, -0.25) is 9.48 Å². The molecule has 11 heteroatoms. The first-order valence-corrected chi connectivity index (χ1v) is 10.1. The molecule has 0 spiro atoms. The summed E-state index contributed by atoms with van der Waals surface area (Å²) in [4.78, 5) is 17.1. The quantitative estimate of drug-likeness (QED) is 0.412. The minimum absolute atomic E-state index is 0.0194. The number of nitrogens with one attached hydrogen (secondary N) is 1. The Morgan fingerprint density at radius 3 is 2.73 bits per heavy atom. The lowest BCUT2D eigenvalue weighted by molar-refractivity contribution is 0.0938. The van der Waals surface area contributed by atoms with Crippen LogP contribution in [0.25, 0.3) is 11.3 Å². The van der Waals surface area contributed by atoms with Gasteiger partial charge in [0.1, 0.15) is 22.5 Å². The van der Waals surface area contributed by atoms with Gasteiger partial charge in [0.25, 0.3) is 5.91 Å². The van der Waals surface area contributed by atoms with Crippen LogP contribution in [0.2, 0.25) is 5.15 Å². The lowest BCUT2D eigenvalue weighted by atomic mass is 9.80. The van der Waals surface area contributed by atoms with Gasteiger partial charge in [0, 0.05) is 49.6 Å². The first-order chi connectivity index (χ1) is 15.7. The number of carbonyl (C=O) groups excluding carboxylic acids is 1. The minimum Gasteiger partial charge on any atom is -0.508 e. The first kappa shape index (κ1) is 22.4. The number of amides is 1. The topological polar surface area (TPSA) is 106 Å². The van der Waals surface area contributed by atoms with E-state index < -0.39 is 23.0 Å². The lowest BCUT2D eigenvalue weighted by Gasteiger charge is -2.28. The second-order valence-corrected chi connectivity index (χ2v) is 8.04. The molecule has 1 unspecified atom stereocenters. The molecule has 170 valence electrons. The maximum Gasteiger partial charge on any atom is 0.273 e. The van der Waals surface area contributed by atoms with E-state index in [-0.39, 0.29) is 34.5 Å². The number of carbonyl (C=O) groups is 1. The van der Waals surface area contributed by atoms with Crippen molar-refractivity contribution < 1.29 is 23.2 Å². The zero-order valence-electron chi connectivity index (χ0n) is 17.5. The molecular formula is C22H18ClF2N5O3. The molecule has 0 saturated heterocycles. The highest BCUT2D eigenvalue weighted by Crippen LogP contribution is 2.33. The molecule has 8 nitrogen and oxygen atoms in total. The molecule has 4 rings (SSSR count). The van der Waals surface area contributed by atoms with Crippen LogP contribution in [0.1, 0.15) is 28.7 Å². The standard InChI is InChI=1S/C22H18ClF2N5O3/c1-22(12-9-27-30(2)10-12,19-6-14(31)7-20(23)28-19)11-26-21(32)17-8-18(33-29-17)15-4-3-13(24)5-16(15)25/h3-10H,11H2,1-2H3,(H,26,32)(H,28,31). The fourth-order valence-corrected chi connectivity index (χ4v) is 3.56. The number of nitrogens with zero attached hydrogens (tertiary/aromatic N) is 4. The van der Waals surface area contributed by atoms with Gasteiger partial charge in [-0.2, -0.15) is 5.10 Å². The van der Waals surface area contributed by atoms with Crippen molar-refractivity contribution in [1.82, 2.24) is 25.2 Å². The van der Waals surface area contributed by atoms with Gasteiger partial charge in [-0.25, -0.2) is 13.8 Å². The molecule has 1 atom stereocenters. The fourth-order valence-electron chi connectivity index (χ4n) is 3.36. The molecule has 0 radical (unpaired) electrons. The zero-order chi connectivity index (χ0) is 23.8. The van der Waals surface area contributed by atoms with Crippen molar-refractivity contribution in [3.8, 4) is 17.1 Å². The number of benzene rings is 1. The SMILES string of the molecule is Cn1cc(C(C)(CNC(=O)c2cc(-c3ccc(F)cc3F)on2)c2cc(O)cc(Cl)n2)cn1. The average Bonchev–Trinajstić information content (AvgIpc) is 3.41. The van der Waals surface area contributed by atoms with E-state index in [0.717, 1.165) is 6.07 Å². The van der Waals surface area contributed by atoms with Gasteiger partial charge in [-0.1, -0.05) is 16.8 Å². The summed E-state index contributed by atoms with van der Waals surface area (Å²) in [5.41, 5.74) is 0.0942. The number of rotatable bonds is 6. The molecule has 2 N–H and O–H groups in total. The van der Waals surface area contributed by atoms with Gasteiger partial charge in [-0.15, -0.1) is 0 Å². The smallest absolute Gasteiger partial charge is 0.273 e. The van der Waals surface area contributed by atoms with E-state index in [0.29, 0.717) is 17.3 Å². The number of aromatic nitrogens is 4. The van der Waals surface area contributed by atoms with E-state index in [2.05, 4.69) is 20.6 Å². The summed E-state index contributed by atoms with van der Waals surface area (Å²) in [5, 5.41) is 20.7. The van der Waals surface area contributed by atoms with Crippen molar-refractivity contribution in [3.63, 3.8) is 0 Å². The molecular weight excluding hydrogens is 456 g/mol. The van der Waals surface area contributed by atoms with E-state index in [1.165, 1.54) is 24.3 Å². The highest BCUT2D eigenvalue weighted by atomic mass is 35.5. The third kappa shape index (κ3) is 4.56. The Morgan fingerprint density at radius 2 is 2.06 bits per heavy atom. The van der Waals surface area contributed by atoms with Crippen molar-refractivity contribution in [1.29, 1.82) is 0 Å². The zero-order valence-corrected chi connectivity index (χ0v) is 18.3. The highest BCUT2D eigenvalue weighted by Gasteiger charge is 2.34. The van der Waals surface area contributed by atoms with Crippen LogP contribution in [-0.2, 0) is 12.5 Å². The largest absolute Gasteiger partial charge is 0.508 e. The number of hydrogen-bond acceptors (Lipinski definition) is 6. The Hall–Kier alpha value is -3.79. The van der Waals surface area contributed by atoms with Gasteiger partial charge >= 0.3 is 0 Å². The molecule has 0 bridgehead atoms. The van der Waals surface area contributed by atoms with E-state index >= 15 is 0 Å². The number of pyridine rings is 1. The molecule has 0 fully saturated rings. The van der Waals surface area contributed by atoms with Crippen LogP contribution in [-0.4, -0.2) is 37.5 Å². The number of halogens is 3. The second kappa shape index (κ2) is 8.62. The van der Waals surface area contributed by atoms with Crippen LogP contribution < -0.4 is 5.32 Å². The van der Waals surface area contributed by atoms with Crippen molar-refractivity contribution >= 4 is 17.5 Å². The van der Waals surface area contributed by atoms with Crippen LogP contribution in [0.15, 0.2) is 53.3 Å². The summed E-state index contributed by atoms with van der Waals surface area (Å²) >= 11 is 6.04. The monoisotopic (exact) mass is 473 g/mol. The summed E-state index contributed by atoms with van der Waals surface area (Å²) in [6, 6.07) is 7.01. The van der Waals surface area contributed by atoms with E-state index in [1.54, 1.807) is 24.1 Å². The molecule has 4 aromatic rings. The molecule has 1 aromatic carbocycles. The van der Waals surface area contributed by atoms with Crippen molar-refractivity contribution in [2.45, 2.75) is 12.3 Å². The van der Waals surface area contributed by atoms with E-state index in [1.807, 2.05) is 6.92 Å². The molecule has 0 aliphatic carbocycles. The van der Waals surface area contributed by atoms with E-state index in [9.17, 15) is 18.7 Å². The number of hydrogen-bond donors (Lipinski definition) is 2. The Bertz CT molecular complexity index is 1320. The normalized spacial score (nSPS) is 13.0. The van der Waals surface area contributed by atoms with Gasteiger partial charge in [-0.05, 0) is 19.1 Å². The predicted octanol–water partition coefficient (Wildman–Crippen LogP) is 3.84. The third-order valence-electron chi connectivity index (χ3n) is 5.23. The van der Waals surface area contributed by atoms with E-state index in [4.69, 9.17) is 16.1 Å². The highest BCUT2D eigenvalue weighted by molar-refractivity contribution is 6.29. The van der Waals surface area contributed by atoms with Crippen molar-refractivity contribution in [2.75, 3.05) is 6.54 Å². The van der Waals surface area contributed by atoms with Crippen LogP contribution >= 0.6 is 11.6 Å². The second-order valence-electron chi connectivity index (χ2n) is 7.65. The maximum atomic E-state index is 14.0. The minimum atomic E-state index is -0.915. The Balaban J connectivity index is 1.60. The molecule has 0 saturated carbocycles. The molecule has 0 aliphatic heterocycles. The average molecular weight is 474 g/mol. The first-order valence-electron chi connectivity index (χ1n) is 9.72. The summed E-state index contributed by atoms with van der Waals surface area (Å²) in [6.07, 6.45) is 3.38. The fraction of sp³-hybridized carbons (Fsp3) is 0.182. The summed E-state index contributed by atoms with van der Waals surface area (Å²) in [6.45, 7) is 1.85. The Kier molecular flexibility index (Phi) is 5.86. The molecule has 3 aromatic heterocycles. The van der Waals surface area contributed by atoms with Gasteiger partial charge < -0.3 is 14.9 Å².